The van der Waals surface area contributed by atoms with Crippen molar-refractivity contribution in [3.05, 3.63) is 103 Å². The lowest BCUT2D eigenvalue weighted by atomic mass is 9.93. The number of carbonyl (C=O) groups is 1. The zero-order valence-electron chi connectivity index (χ0n) is 16.8. The highest BCUT2D eigenvalue weighted by molar-refractivity contribution is 7.10. The molecule has 0 saturated carbocycles. The van der Waals surface area contributed by atoms with E-state index in [-0.39, 0.29) is 36.0 Å². The van der Waals surface area contributed by atoms with Crippen LogP contribution in [0, 0.1) is 0 Å². The van der Waals surface area contributed by atoms with Crippen LogP contribution in [0.15, 0.2) is 75.6 Å². The first-order chi connectivity index (χ1) is 15.1. The molecule has 1 aliphatic heterocycles. The third-order valence-corrected chi connectivity index (χ3v) is 6.83. The lowest BCUT2D eigenvalue weighted by molar-refractivity contribution is -0.133. The molecule has 0 bridgehead atoms. The van der Waals surface area contributed by atoms with Crippen molar-refractivity contribution in [2.24, 2.45) is 0 Å². The van der Waals surface area contributed by atoms with Gasteiger partial charge in [0.15, 0.2) is 0 Å². The van der Waals surface area contributed by atoms with E-state index >= 15 is 0 Å². The van der Waals surface area contributed by atoms with Crippen LogP contribution >= 0.6 is 11.3 Å². The van der Waals surface area contributed by atoms with Crippen LogP contribution in [0.1, 0.15) is 28.5 Å². The quantitative estimate of drug-likeness (QED) is 0.539. The summed E-state index contributed by atoms with van der Waals surface area (Å²) in [6.07, 6.45) is 0.964. The highest BCUT2D eigenvalue weighted by atomic mass is 32.1. The minimum absolute atomic E-state index is 0.0355. The second kappa shape index (κ2) is 8.00. The number of nitrogens with zero attached hydrogens (tertiary/aromatic N) is 2. The van der Waals surface area contributed by atoms with Gasteiger partial charge in [-0.1, -0.05) is 42.5 Å². The number of aromatic nitrogens is 2. The number of rotatable bonds is 4. The fourth-order valence-corrected chi connectivity index (χ4v) is 5.24. The summed E-state index contributed by atoms with van der Waals surface area (Å²) in [5.41, 5.74) is 1.63. The fraction of sp³-hybridized carbons (Fsp3) is 0.208. The summed E-state index contributed by atoms with van der Waals surface area (Å²) in [6.45, 7) is 0.765. The molecule has 156 valence electrons. The SMILES string of the molecule is O=C(CCn1[nH]c(=O)c2ccccc2c1=O)N1CCc2sccc2C1c1ccccc1. The van der Waals surface area contributed by atoms with Gasteiger partial charge in [0.25, 0.3) is 11.1 Å². The van der Waals surface area contributed by atoms with Gasteiger partial charge in [0, 0.05) is 17.8 Å². The van der Waals surface area contributed by atoms with Crippen LogP contribution < -0.4 is 11.1 Å². The number of amides is 1. The molecule has 7 heteroatoms. The van der Waals surface area contributed by atoms with Gasteiger partial charge in [0.2, 0.25) is 5.91 Å². The minimum atomic E-state index is -0.328. The minimum Gasteiger partial charge on any atom is -0.331 e. The van der Waals surface area contributed by atoms with Gasteiger partial charge >= 0.3 is 0 Å². The lowest BCUT2D eigenvalue weighted by Gasteiger charge is -2.36. The van der Waals surface area contributed by atoms with E-state index in [0.29, 0.717) is 17.3 Å². The Morgan fingerprint density at radius 3 is 2.55 bits per heavy atom. The lowest BCUT2D eigenvalue weighted by Crippen LogP contribution is -2.41. The molecule has 31 heavy (non-hydrogen) atoms. The van der Waals surface area contributed by atoms with Crippen molar-refractivity contribution in [1.82, 2.24) is 14.7 Å². The number of carbonyl (C=O) groups excluding carboxylic acids is 1. The molecule has 1 amide bonds. The summed E-state index contributed by atoms with van der Waals surface area (Å²) < 4.78 is 1.25. The maximum absolute atomic E-state index is 13.3. The fourth-order valence-electron chi connectivity index (χ4n) is 4.33. The molecule has 0 saturated heterocycles. The molecule has 1 aliphatic rings. The van der Waals surface area contributed by atoms with Crippen molar-refractivity contribution in [3.63, 3.8) is 0 Å². The summed E-state index contributed by atoms with van der Waals surface area (Å²) in [5.74, 6) is -0.0355. The van der Waals surface area contributed by atoms with E-state index in [1.54, 1.807) is 35.6 Å². The highest BCUT2D eigenvalue weighted by Crippen LogP contribution is 2.37. The predicted molar refractivity (Wildman–Crippen MR) is 121 cm³/mol. The van der Waals surface area contributed by atoms with Crippen LogP contribution in [-0.2, 0) is 17.8 Å². The van der Waals surface area contributed by atoms with Gasteiger partial charge in [0.05, 0.1) is 23.4 Å². The maximum Gasteiger partial charge on any atom is 0.273 e. The van der Waals surface area contributed by atoms with Crippen molar-refractivity contribution in [2.75, 3.05) is 6.54 Å². The van der Waals surface area contributed by atoms with E-state index in [0.717, 1.165) is 12.0 Å². The topological polar surface area (TPSA) is 75.2 Å². The molecule has 0 radical (unpaired) electrons. The van der Waals surface area contributed by atoms with E-state index in [4.69, 9.17) is 0 Å². The van der Waals surface area contributed by atoms with Crippen LogP contribution in [0.25, 0.3) is 10.8 Å². The standard InChI is InChI=1S/C24H21N3O3S/c28-21(11-14-27-24(30)18-9-5-4-8-17(18)23(29)25-27)26-13-10-20-19(12-15-31-20)22(26)16-6-2-1-3-7-16/h1-9,12,15,22H,10-11,13-14H2,(H,25,29). The second-order valence-corrected chi connectivity index (χ2v) is 8.64. The number of thiophene rings is 1. The van der Waals surface area contributed by atoms with Crippen LogP contribution in [-0.4, -0.2) is 27.1 Å². The number of hydrogen-bond acceptors (Lipinski definition) is 4. The Balaban J connectivity index is 1.43. The maximum atomic E-state index is 13.3. The Morgan fingerprint density at radius 1 is 1.00 bits per heavy atom. The van der Waals surface area contributed by atoms with Gasteiger partial charge in [0.1, 0.15) is 0 Å². The second-order valence-electron chi connectivity index (χ2n) is 7.64. The van der Waals surface area contributed by atoms with Crippen molar-refractivity contribution in [2.45, 2.75) is 25.4 Å². The number of aromatic amines is 1. The molecule has 0 spiro atoms. The van der Waals surface area contributed by atoms with E-state index in [1.807, 2.05) is 35.2 Å². The smallest absolute Gasteiger partial charge is 0.273 e. The van der Waals surface area contributed by atoms with Gasteiger partial charge in [-0.05, 0) is 41.1 Å². The molecular weight excluding hydrogens is 410 g/mol. The van der Waals surface area contributed by atoms with Crippen LogP contribution in [0.5, 0.6) is 0 Å². The molecule has 0 fully saturated rings. The summed E-state index contributed by atoms with van der Waals surface area (Å²) in [7, 11) is 0. The molecule has 2 aromatic carbocycles. The van der Waals surface area contributed by atoms with Crippen molar-refractivity contribution >= 4 is 28.0 Å². The number of fused-ring (bicyclic) bond motifs is 2. The van der Waals surface area contributed by atoms with Gasteiger partial charge in [-0.15, -0.1) is 11.3 Å². The van der Waals surface area contributed by atoms with Crippen LogP contribution in [0.3, 0.4) is 0 Å². The normalized spacial score (nSPS) is 15.7. The Labute approximate surface area is 182 Å². The first-order valence-corrected chi connectivity index (χ1v) is 11.1. The van der Waals surface area contributed by atoms with Crippen LogP contribution in [0.4, 0.5) is 0 Å². The molecule has 4 aromatic rings. The van der Waals surface area contributed by atoms with Gasteiger partial charge in [-0.25, -0.2) is 4.68 Å². The summed E-state index contributed by atoms with van der Waals surface area (Å²) in [5, 5.41) is 5.41. The largest absolute Gasteiger partial charge is 0.331 e. The van der Waals surface area contributed by atoms with Crippen molar-refractivity contribution < 1.29 is 4.79 Å². The van der Waals surface area contributed by atoms with Crippen molar-refractivity contribution in [3.8, 4) is 0 Å². The number of H-pyrrole nitrogens is 1. The van der Waals surface area contributed by atoms with Crippen molar-refractivity contribution in [1.29, 1.82) is 0 Å². The molecule has 1 unspecified atom stereocenters. The first-order valence-electron chi connectivity index (χ1n) is 10.3. The average molecular weight is 432 g/mol. The third kappa shape index (κ3) is 3.51. The Kier molecular flexibility index (Phi) is 5.03. The predicted octanol–water partition coefficient (Wildman–Crippen LogP) is 3.32. The molecule has 1 atom stereocenters. The monoisotopic (exact) mass is 431 g/mol. The number of benzene rings is 2. The molecule has 6 nitrogen and oxygen atoms in total. The molecule has 3 heterocycles. The number of aryl methyl sites for hydroxylation is 1. The Hall–Kier alpha value is -3.45. The Bertz CT molecular complexity index is 1370. The summed E-state index contributed by atoms with van der Waals surface area (Å²) in [4.78, 5) is 41.6. The third-order valence-electron chi connectivity index (χ3n) is 5.83. The zero-order chi connectivity index (χ0) is 21.4. The molecular formula is C24H21N3O3S. The molecule has 5 rings (SSSR count). The highest BCUT2D eigenvalue weighted by Gasteiger charge is 2.32. The summed E-state index contributed by atoms with van der Waals surface area (Å²) in [6, 6.07) is 18.7. The zero-order valence-corrected chi connectivity index (χ0v) is 17.6. The summed E-state index contributed by atoms with van der Waals surface area (Å²) >= 11 is 1.73. The first kappa shape index (κ1) is 19.5. The number of hydrogen-bond donors (Lipinski definition) is 1. The molecule has 2 aromatic heterocycles. The van der Waals surface area contributed by atoms with Crippen LogP contribution in [0.2, 0.25) is 0 Å². The van der Waals surface area contributed by atoms with E-state index < -0.39 is 0 Å². The van der Waals surface area contributed by atoms with Gasteiger partial charge in [-0.2, -0.15) is 0 Å². The molecule has 1 N–H and O–H groups in total. The van der Waals surface area contributed by atoms with E-state index in [1.165, 1.54) is 15.1 Å². The molecule has 0 aliphatic carbocycles. The van der Waals surface area contributed by atoms with E-state index in [9.17, 15) is 14.4 Å². The number of nitrogens with one attached hydrogen (secondary N) is 1. The Morgan fingerprint density at radius 2 is 1.74 bits per heavy atom. The van der Waals surface area contributed by atoms with Gasteiger partial charge in [-0.3, -0.25) is 19.5 Å². The van der Waals surface area contributed by atoms with E-state index in [2.05, 4.69) is 16.5 Å². The van der Waals surface area contributed by atoms with Gasteiger partial charge < -0.3 is 4.90 Å². The average Bonchev–Trinajstić information content (AvgIpc) is 3.29.